The van der Waals surface area contributed by atoms with E-state index in [1.165, 1.54) is 0 Å². The lowest BCUT2D eigenvalue weighted by atomic mass is 10.2. The highest BCUT2D eigenvalue weighted by Crippen LogP contribution is 2.06. The monoisotopic (exact) mass is 134 g/mol. The summed E-state index contributed by atoms with van der Waals surface area (Å²) in [6, 6.07) is 0. The first-order chi connectivity index (χ1) is 4.80. The Morgan fingerprint density at radius 1 is 1.50 bits per heavy atom. The molecule has 1 aliphatic rings. The Morgan fingerprint density at radius 3 is 3.00 bits per heavy atom. The molecule has 2 nitrogen and oxygen atoms in total. The molecule has 10 heavy (non-hydrogen) atoms. The van der Waals surface area contributed by atoms with Gasteiger partial charge in [-0.2, -0.15) is 0 Å². The van der Waals surface area contributed by atoms with Gasteiger partial charge < -0.3 is 0 Å². The second-order valence-corrected chi connectivity index (χ2v) is 2.40. The zero-order valence-electron chi connectivity index (χ0n) is 6.20. The minimum absolute atomic E-state index is 0.403. The van der Waals surface area contributed by atoms with Gasteiger partial charge in [-0.3, -0.25) is 4.99 Å². The lowest BCUT2D eigenvalue weighted by molar-refractivity contribution is 0.770. The molecule has 0 amide bonds. The van der Waals surface area contributed by atoms with Crippen molar-refractivity contribution in [2.45, 2.75) is 13.8 Å². The summed E-state index contributed by atoms with van der Waals surface area (Å²) in [5.74, 6) is 3.24. The SMILES string of the molecule is CC(C)C1=C=NC=CC=N1. The molecule has 0 aromatic carbocycles. The lowest BCUT2D eigenvalue weighted by Gasteiger charge is -1.97. The van der Waals surface area contributed by atoms with Crippen LogP contribution in [0.2, 0.25) is 0 Å². The molecular formula is C8H10N2. The average Bonchev–Trinajstić information content (AvgIpc) is 2.12. The first-order valence-electron chi connectivity index (χ1n) is 3.32. The van der Waals surface area contributed by atoms with Gasteiger partial charge >= 0.3 is 0 Å². The summed E-state index contributed by atoms with van der Waals surface area (Å²) in [5, 5.41) is 0. The summed E-state index contributed by atoms with van der Waals surface area (Å²) in [4.78, 5) is 8.00. The highest BCUT2D eigenvalue weighted by Gasteiger charge is 1.98. The normalized spacial score (nSPS) is 15.7. The van der Waals surface area contributed by atoms with E-state index in [4.69, 9.17) is 0 Å². The standard InChI is InChI=1S/C8H10N2/c1-7(2)8-6-9-4-3-5-10-8/h3-5,7H,1-2H3. The van der Waals surface area contributed by atoms with E-state index in [1.807, 2.05) is 0 Å². The summed E-state index contributed by atoms with van der Waals surface area (Å²) >= 11 is 0. The maximum absolute atomic E-state index is 4.12. The molecular weight excluding hydrogens is 124 g/mol. The Bertz CT molecular complexity index is 228. The third-order valence-corrected chi connectivity index (χ3v) is 1.19. The van der Waals surface area contributed by atoms with E-state index in [-0.39, 0.29) is 0 Å². The Kier molecular flexibility index (Phi) is 2.19. The summed E-state index contributed by atoms with van der Waals surface area (Å²) in [6.07, 6.45) is 5.21. The summed E-state index contributed by atoms with van der Waals surface area (Å²) in [7, 11) is 0. The number of aliphatic imine (C=N–C) groups is 2. The van der Waals surface area contributed by atoms with Crippen molar-refractivity contribution in [1.82, 2.24) is 0 Å². The van der Waals surface area contributed by atoms with E-state index in [9.17, 15) is 0 Å². The highest BCUT2D eigenvalue weighted by molar-refractivity contribution is 5.76. The van der Waals surface area contributed by atoms with Crippen LogP contribution in [-0.4, -0.2) is 12.1 Å². The molecule has 0 radical (unpaired) electrons. The molecule has 52 valence electrons. The van der Waals surface area contributed by atoms with E-state index < -0.39 is 0 Å². The number of hydrogen-bond donors (Lipinski definition) is 0. The van der Waals surface area contributed by atoms with Gasteiger partial charge in [-0.25, -0.2) is 4.99 Å². The van der Waals surface area contributed by atoms with Crippen LogP contribution < -0.4 is 0 Å². The molecule has 0 aliphatic carbocycles. The van der Waals surface area contributed by atoms with E-state index in [0.29, 0.717) is 5.92 Å². The fourth-order valence-corrected chi connectivity index (χ4v) is 0.615. The van der Waals surface area contributed by atoms with Gasteiger partial charge in [-0.15, -0.1) is 0 Å². The van der Waals surface area contributed by atoms with Crippen molar-refractivity contribution in [2.75, 3.05) is 0 Å². The van der Waals surface area contributed by atoms with Crippen molar-refractivity contribution in [2.24, 2.45) is 15.9 Å². The molecule has 0 N–H and O–H groups in total. The van der Waals surface area contributed by atoms with Crippen molar-refractivity contribution in [3.63, 3.8) is 0 Å². The Balaban J connectivity index is 2.87. The molecule has 1 heterocycles. The quantitative estimate of drug-likeness (QED) is 0.522. The topological polar surface area (TPSA) is 24.7 Å². The Hall–Kier alpha value is -1.14. The van der Waals surface area contributed by atoms with E-state index in [0.717, 1.165) is 5.70 Å². The largest absolute Gasteiger partial charge is 0.251 e. The smallest absolute Gasteiger partial charge is 0.104 e. The van der Waals surface area contributed by atoms with Crippen molar-refractivity contribution in [3.05, 3.63) is 18.0 Å². The zero-order valence-corrected chi connectivity index (χ0v) is 6.20. The van der Waals surface area contributed by atoms with E-state index >= 15 is 0 Å². The van der Waals surface area contributed by atoms with Crippen molar-refractivity contribution >= 4 is 12.1 Å². The third-order valence-electron chi connectivity index (χ3n) is 1.19. The molecule has 0 aromatic rings. The van der Waals surface area contributed by atoms with Gasteiger partial charge in [-0.05, 0) is 6.08 Å². The van der Waals surface area contributed by atoms with Gasteiger partial charge in [0, 0.05) is 24.2 Å². The van der Waals surface area contributed by atoms with Crippen LogP contribution in [0.3, 0.4) is 0 Å². The Morgan fingerprint density at radius 2 is 2.30 bits per heavy atom. The predicted molar refractivity (Wildman–Crippen MR) is 43.4 cm³/mol. The maximum Gasteiger partial charge on any atom is 0.104 e. The first kappa shape index (κ1) is 6.97. The second-order valence-electron chi connectivity index (χ2n) is 2.40. The van der Waals surface area contributed by atoms with Gasteiger partial charge in [0.1, 0.15) is 5.70 Å². The number of nitrogens with zero attached hydrogens (tertiary/aromatic N) is 2. The molecule has 0 fully saturated rings. The van der Waals surface area contributed by atoms with Crippen LogP contribution in [0, 0.1) is 5.92 Å². The van der Waals surface area contributed by atoms with Gasteiger partial charge in [0.2, 0.25) is 0 Å². The van der Waals surface area contributed by atoms with Crippen LogP contribution in [-0.2, 0) is 0 Å². The maximum atomic E-state index is 4.12. The van der Waals surface area contributed by atoms with Crippen LogP contribution >= 0.6 is 0 Å². The Labute approximate surface area is 60.7 Å². The number of allylic oxidation sites excluding steroid dienone is 2. The second kappa shape index (κ2) is 3.14. The molecule has 0 saturated carbocycles. The van der Waals surface area contributed by atoms with Crippen molar-refractivity contribution < 1.29 is 0 Å². The average molecular weight is 134 g/mol. The third kappa shape index (κ3) is 1.67. The molecule has 0 spiro atoms. The fourth-order valence-electron chi connectivity index (χ4n) is 0.615. The lowest BCUT2D eigenvalue weighted by Crippen LogP contribution is -1.90. The van der Waals surface area contributed by atoms with Gasteiger partial charge in [-0.1, -0.05) is 13.8 Å². The number of rotatable bonds is 1. The van der Waals surface area contributed by atoms with Crippen LogP contribution in [0.25, 0.3) is 0 Å². The van der Waals surface area contributed by atoms with Crippen molar-refractivity contribution in [1.29, 1.82) is 0 Å². The first-order valence-corrected chi connectivity index (χ1v) is 3.32. The minimum Gasteiger partial charge on any atom is -0.251 e. The van der Waals surface area contributed by atoms with Crippen LogP contribution in [0.4, 0.5) is 0 Å². The molecule has 0 aromatic heterocycles. The molecule has 2 heteroatoms. The molecule has 1 aliphatic heterocycles. The highest BCUT2D eigenvalue weighted by atomic mass is 14.8. The number of hydrogen-bond acceptors (Lipinski definition) is 2. The molecule has 0 saturated heterocycles. The fraction of sp³-hybridized carbons (Fsp3) is 0.375. The van der Waals surface area contributed by atoms with E-state index in [2.05, 4.69) is 29.7 Å². The van der Waals surface area contributed by atoms with E-state index in [1.54, 1.807) is 18.5 Å². The summed E-state index contributed by atoms with van der Waals surface area (Å²) < 4.78 is 0. The van der Waals surface area contributed by atoms with Gasteiger partial charge in [0.15, 0.2) is 0 Å². The van der Waals surface area contributed by atoms with Gasteiger partial charge in [0.25, 0.3) is 0 Å². The molecule has 0 atom stereocenters. The van der Waals surface area contributed by atoms with Crippen LogP contribution in [0.5, 0.6) is 0 Å². The summed E-state index contributed by atoms with van der Waals surface area (Å²) in [5.41, 5.74) is 0.907. The zero-order chi connectivity index (χ0) is 7.40. The molecule has 0 unspecified atom stereocenters. The predicted octanol–water partition coefficient (Wildman–Crippen LogP) is 1.79. The molecule has 1 rings (SSSR count). The van der Waals surface area contributed by atoms with Crippen LogP contribution in [0.1, 0.15) is 13.8 Å². The van der Waals surface area contributed by atoms with Crippen LogP contribution in [0.15, 0.2) is 28.0 Å². The van der Waals surface area contributed by atoms with Crippen molar-refractivity contribution in [3.8, 4) is 0 Å². The molecule has 0 bridgehead atoms. The summed E-state index contributed by atoms with van der Waals surface area (Å²) in [6.45, 7) is 4.14. The van der Waals surface area contributed by atoms with Gasteiger partial charge in [0.05, 0.1) is 0 Å². The minimum atomic E-state index is 0.403.